The Balaban J connectivity index is 2.75. The number of aliphatic hydroxyl groups is 1. The van der Waals surface area contributed by atoms with Gasteiger partial charge in [0.2, 0.25) is 6.17 Å². The van der Waals surface area contributed by atoms with E-state index in [0.717, 1.165) is 6.42 Å². The SMILES string of the molecule is CCOC(=O)C(F)C1(O)CCCCC1OC. The number of esters is 1. The molecule has 0 bridgehead atoms. The Kier molecular flexibility index (Phi) is 4.68. The fourth-order valence-corrected chi connectivity index (χ4v) is 2.18. The molecule has 0 aromatic rings. The van der Waals surface area contributed by atoms with Crippen LogP contribution < -0.4 is 0 Å². The molecule has 16 heavy (non-hydrogen) atoms. The van der Waals surface area contributed by atoms with Gasteiger partial charge >= 0.3 is 5.97 Å². The summed E-state index contributed by atoms with van der Waals surface area (Å²) in [4.78, 5) is 11.3. The lowest BCUT2D eigenvalue weighted by atomic mass is 9.79. The van der Waals surface area contributed by atoms with Gasteiger partial charge in [0.25, 0.3) is 0 Å². The zero-order valence-electron chi connectivity index (χ0n) is 9.74. The molecule has 1 aliphatic rings. The van der Waals surface area contributed by atoms with Crippen LogP contribution in [-0.4, -0.2) is 42.7 Å². The minimum Gasteiger partial charge on any atom is -0.464 e. The van der Waals surface area contributed by atoms with E-state index in [1.165, 1.54) is 7.11 Å². The maximum atomic E-state index is 13.9. The molecule has 1 N–H and O–H groups in total. The number of hydrogen-bond acceptors (Lipinski definition) is 4. The number of carbonyl (C=O) groups is 1. The summed E-state index contributed by atoms with van der Waals surface area (Å²) in [7, 11) is 1.42. The lowest BCUT2D eigenvalue weighted by Gasteiger charge is -2.39. The van der Waals surface area contributed by atoms with E-state index in [9.17, 15) is 14.3 Å². The van der Waals surface area contributed by atoms with Crippen LogP contribution in [0.1, 0.15) is 32.6 Å². The first-order valence-electron chi connectivity index (χ1n) is 5.62. The van der Waals surface area contributed by atoms with E-state index < -0.39 is 23.8 Å². The molecule has 0 heterocycles. The summed E-state index contributed by atoms with van der Waals surface area (Å²) in [5.74, 6) is -1.01. The van der Waals surface area contributed by atoms with Crippen molar-refractivity contribution >= 4 is 5.97 Å². The molecule has 0 saturated heterocycles. The summed E-state index contributed by atoms with van der Waals surface area (Å²) in [6.45, 7) is 1.70. The van der Waals surface area contributed by atoms with E-state index in [1.807, 2.05) is 0 Å². The molecular weight excluding hydrogens is 215 g/mol. The van der Waals surface area contributed by atoms with E-state index in [4.69, 9.17) is 4.74 Å². The smallest absolute Gasteiger partial charge is 0.343 e. The molecule has 1 saturated carbocycles. The van der Waals surface area contributed by atoms with Gasteiger partial charge in [-0.1, -0.05) is 12.8 Å². The van der Waals surface area contributed by atoms with Crippen LogP contribution in [-0.2, 0) is 14.3 Å². The van der Waals surface area contributed by atoms with Crippen molar-refractivity contribution in [2.24, 2.45) is 0 Å². The van der Waals surface area contributed by atoms with Crippen LogP contribution in [0, 0.1) is 0 Å². The molecule has 0 aliphatic heterocycles. The normalized spacial score (nSPS) is 32.1. The average molecular weight is 234 g/mol. The van der Waals surface area contributed by atoms with Gasteiger partial charge < -0.3 is 14.6 Å². The molecule has 0 spiro atoms. The topological polar surface area (TPSA) is 55.8 Å². The highest BCUT2D eigenvalue weighted by molar-refractivity contribution is 5.76. The first kappa shape index (κ1) is 13.4. The molecule has 1 fully saturated rings. The monoisotopic (exact) mass is 234 g/mol. The number of rotatable bonds is 4. The maximum absolute atomic E-state index is 13.9. The van der Waals surface area contributed by atoms with E-state index in [-0.39, 0.29) is 13.0 Å². The van der Waals surface area contributed by atoms with E-state index in [0.29, 0.717) is 12.8 Å². The van der Waals surface area contributed by atoms with Crippen molar-refractivity contribution in [3.8, 4) is 0 Å². The van der Waals surface area contributed by atoms with E-state index >= 15 is 0 Å². The highest BCUT2D eigenvalue weighted by atomic mass is 19.1. The molecule has 0 amide bonds. The summed E-state index contributed by atoms with van der Waals surface area (Å²) >= 11 is 0. The molecule has 0 aromatic carbocycles. The molecule has 3 unspecified atom stereocenters. The summed E-state index contributed by atoms with van der Waals surface area (Å²) in [6.07, 6.45) is -0.316. The molecule has 1 aliphatic carbocycles. The highest BCUT2D eigenvalue weighted by Crippen LogP contribution is 2.35. The largest absolute Gasteiger partial charge is 0.464 e. The quantitative estimate of drug-likeness (QED) is 0.743. The molecule has 3 atom stereocenters. The molecule has 4 nitrogen and oxygen atoms in total. The average Bonchev–Trinajstić information content (AvgIpc) is 2.29. The third kappa shape index (κ3) is 2.52. The summed E-state index contributed by atoms with van der Waals surface area (Å²) in [5, 5.41) is 10.2. The minimum atomic E-state index is -2.03. The first-order valence-corrected chi connectivity index (χ1v) is 5.62. The van der Waals surface area contributed by atoms with Crippen molar-refractivity contribution in [3.05, 3.63) is 0 Å². The van der Waals surface area contributed by atoms with Crippen LogP contribution in [0.25, 0.3) is 0 Å². The maximum Gasteiger partial charge on any atom is 0.343 e. The second kappa shape index (κ2) is 5.59. The van der Waals surface area contributed by atoms with Crippen molar-refractivity contribution in [2.75, 3.05) is 13.7 Å². The Labute approximate surface area is 94.7 Å². The zero-order valence-corrected chi connectivity index (χ0v) is 9.74. The minimum absolute atomic E-state index is 0.104. The molecular formula is C11H19FO4. The van der Waals surface area contributed by atoms with Gasteiger partial charge in [-0.05, 0) is 19.8 Å². The summed E-state index contributed by atoms with van der Waals surface area (Å²) in [5.41, 5.74) is -1.74. The zero-order chi connectivity index (χ0) is 12.2. The van der Waals surface area contributed by atoms with Gasteiger partial charge in [-0.3, -0.25) is 0 Å². The fraction of sp³-hybridized carbons (Fsp3) is 0.909. The third-order valence-corrected chi connectivity index (χ3v) is 3.07. The lowest BCUT2D eigenvalue weighted by Crippen LogP contribution is -2.56. The van der Waals surface area contributed by atoms with Crippen LogP contribution in [0.5, 0.6) is 0 Å². The van der Waals surface area contributed by atoms with Crippen LogP contribution in [0.15, 0.2) is 0 Å². The number of hydrogen-bond donors (Lipinski definition) is 1. The van der Waals surface area contributed by atoms with Crippen LogP contribution in [0.4, 0.5) is 4.39 Å². The van der Waals surface area contributed by atoms with Gasteiger partial charge in [-0.15, -0.1) is 0 Å². The Morgan fingerprint density at radius 3 is 2.88 bits per heavy atom. The molecule has 94 valence electrons. The van der Waals surface area contributed by atoms with Crippen LogP contribution in [0.2, 0.25) is 0 Å². The predicted molar refractivity (Wildman–Crippen MR) is 55.7 cm³/mol. The van der Waals surface area contributed by atoms with Gasteiger partial charge in [0, 0.05) is 7.11 Å². The lowest BCUT2D eigenvalue weighted by molar-refractivity contribution is -0.184. The highest BCUT2D eigenvalue weighted by Gasteiger charge is 2.50. The second-order valence-corrected chi connectivity index (χ2v) is 4.08. The van der Waals surface area contributed by atoms with E-state index in [2.05, 4.69) is 4.74 Å². The van der Waals surface area contributed by atoms with Crippen molar-refractivity contribution in [2.45, 2.75) is 50.5 Å². The molecule has 0 aromatic heterocycles. The van der Waals surface area contributed by atoms with Crippen molar-refractivity contribution in [3.63, 3.8) is 0 Å². The Morgan fingerprint density at radius 1 is 1.62 bits per heavy atom. The van der Waals surface area contributed by atoms with Gasteiger partial charge in [-0.25, -0.2) is 9.18 Å². The van der Waals surface area contributed by atoms with Crippen molar-refractivity contribution < 1.29 is 23.8 Å². The molecule has 0 radical (unpaired) electrons. The number of ether oxygens (including phenoxy) is 2. The summed E-state index contributed by atoms with van der Waals surface area (Å²) < 4.78 is 23.5. The van der Waals surface area contributed by atoms with Gasteiger partial charge in [0.1, 0.15) is 5.60 Å². The summed E-state index contributed by atoms with van der Waals surface area (Å²) in [6, 6.07) is 0. The third-order valence-electron chi connectivity index (χ3n) is 3.07. The van der Waals surface area contributed by atoms with Gasteiger partial charge in [-0.2, -0.15) is 0 Å². The number of carbonyl (C=O) groups excluding carboxylic acids is 1. The van der Waals surface area contributed by atoms with Crippen LogP contribution >= 0.6 is 0 Å². The number of halogens is 1. The van der Waals surface area contributed by atoms with Crippen molar-refractivity contribution in [1.82, 2.24) is 0 Å². The molecule has 1 rings (SSSR count). The molecule has 5 heteroatoms. The predicted octanol–water partition coefficient (Wildman–Crippen LogP) is 1.21. The number of methoxy groups -OCH3 is 1. The second-order valence-electron chi connectivity index (χ2n) is 4.08. The Morgan fingerprint density at radius 2 is 2.31 bits per heavy atom. The van der Waals surface area contributed by atoms with E-state index in [1.54, 1.807) is 6.92 Å². The number of alkyl halides is 1. The fourth-order valence-electron chi connectivity index (χ4n) is 2.18. The first-order chi connectivity index (χ1) is 7.56. The van der Waals surface area contributed by atoms with Gasteiger partial charge in [0.15, 0.2) is 0 Å². The van der Waals surface area contributed by atoms with Gasteiger partial charge in [0.05, 0.1) is 12.7 Å². The standard InChI is InChI=1S/C11H19FO4/c1-3-16-10(13)9(12)11(14)7-5-4-6-8(11)15-2/h8-9,14H,3-7H2,1-2H3. The van der Waals surface area contributed by atoms with Crippen LogP contribution in [0.3, 0.4) is 0 Å². The van der Waals surface area contributed by atoms with Crippen molar-refractivity contribution in [1.29, 1.82) is 0 Å². The Bertz CT molecular complexity index is 246. The Hall–Kier alpha value is -0.680.